The lowest BCUT2D eigenvalue weighted by atomic mass is 9.98. The van der Waals surface area contributed by atoms with Crippen molar-refractivity contribution in [1.29, 1.82) is 0 Å². The van der Waals surface area contributed by atoms with Crippen LogP contribution in [0, 0.1) is 0 Å². The van der Waals surface area contributed by atoms with Crippen LogP contribution in [0.5, 0.6) is 0 Å². The van der Waals surface area contributed by atoms with E-state index in [1.54, 1.807) is 0 Å². The van der Waals surface area contributed by atoms with Gasteiger partial charge >= 0.3 is 12.1 Å². The maximum Gasteiger partial charge on any atom is 0.412 e. The predicted molar refractivity (Wildman–Crippen MR) is 91.1 cm³/mol. The summed E-state index contributed by atoms with van der Waals surface area (Å²) in [6.07, 6.45) is -2.09. The van der Waals surface area contributed by atoms with Crippen LogP contribution in [-0.4, -0.2) is 46.6 Å². The number of carboxylic acid groups (broad SMARTS) is 1. The molecule has 6 nitrogen and oxygen atoms in total. The van der Waals surface area contributed by atoms with Gasteiger partial charge in [0.15, 0.2) is 0 Å². The Kier molecular flexibility index (Phi) is 4.72. The van der Waals surface area contributed by atoms with Gasteiger partial charge in [-0.2, -0.15) is 0 Å². The fourth-order valence-corrected chi connectivity index (χ4v) is 3.17. The maximum atomic E-state index is 12.2. The molecule has 2 aromatic carbocycles. The molecule has 1 aliphatic rings. The molecule has 1 unspecified atom stereocenters. The van der Waals surface area contributed by atoms with Crippen LogP contribution in [-0.2, 0) is 9.53 Å². The van der Waals surface area contributed by atoms with Crippen LogP contribution in [0.2, 0.25) is 0 Å². The monoisotopic (exact) mass is 341 g/mol. The second-order valence-electron chi connectivity index (χ2n) is 5.96. The maximum absolute atomic E-state index is 12.2. The van der Waals surface area contributed by atoms with Gasteiger partial charge in [-0.25, -0.2) is 4.79 Å². The third kappa shape index (κ3) is 3.34. The Bertz CT molecular complexity index is 756. The molecule has 0 bridgehead atoms. The van der Waals surface area contributed by atoms with E-state index >= 15 is 0 Å². The number of ether oxygens (including phenoxy) is 1. The van der Waals surface area contributed by atoms with Gasteiger partial charge in [-0.3, -0.25) is 9.69 Å². The molecule has 0 radical (unpaired) electrons. The lowest BCUT2D eigenvalue weighted by molar-refractivity contribution is -0.140. The minimum absolute atomic E-state index is 0.0791. The number of nitrogens with zero attached hydrogens (tertiary/aromatic N) is 1. The van der Waals surface area contributed by atoms with Crippen molar-refractivity contribution in [3.8, 4) is 11.1 Å². The topological polar surface area (TPSA) is 87.1 Å². The quantitative estimate of drug-likeness (QED) is 0.817. The van der Waals surface area contributed by atoms with Gasteiger partial charge in [-0.05, 0) is 29.2 Å². The SMILES string of the molecule is CC(O)N(CC(=O)O)C(=O)OCC1c2ccccc2-c2ccccc21. The van der Waals surface area contributed by atoms with E-state index in [0.717, 1.165) is 27.2 Å². The average Bonchev–Trinajstić information content (AvgIpc) is 2.91. The molecule has 1 aliphatic carbocycles. The van der Waals surface area contributed by atoms with E-state index in [4.69, 9.17) is 9.84 Å². The zero-order valence-electron chi connectivity index (χ0n) is 13.8. The van der Waals surface area contributed by atoms with Crippen molar-refractivity contribution in [3.05, 3.63) is 59.7 Å². The van der Waals surface area contributed by atoms with Gasteiger partial charge in [-0.1, -0.05) is 48.5 Å². The number of carbonyl (C=O) groups excluding carboxylic acids is 1. The molecule has 3 rings (SSSR count). The third-order valence-corrected chi connectivity index (χ3v) is 4.33. The standard InChI is InChI=1S/C19H19NO5/c1-12(21)20(10-18(22)23)19(24)25-11-17-15-8-4-2-6-13(15)14-7-3-5-9-16(14)17/h2-9,12,17,21H,10-11H2,1H3,(H,22,23). The Labute approximate surface area is 145 Å². The molecular formula is C19H19NO5. The Morgan fingerprint density at radius 2 is 1.60 bits per heavy atom. The first kappa shape index (κ1) is 17.0. The first-order chi connectivity index (χ1) is 12.0. The van der Waals surface area contributed by atoms with Crippen LogP contribution in [0.3, 0.4) is 0 Å². The number of benzene rings is 2. The molecule has 130 valence electrons. The van der Waals surface area contributed by atoms with E-state index in [-0.39, 0.29) is 12.5 Å². The van der Waals surface area contributed by atoms with Crippen LogP contribution in [0.15, 0.2) is 48.5 Å². The molecule has 2 aromatic rings. The highest BCUT2D eigenvalue weighted by atomic mass is 16.6. The minimum Gasteiger partial charge on any atom is -0.480 e. The molecule has 0 saturated heterocycles. The summed E-state index contributed by atoms with van der Waals surface area (Å²) in [5, 5.41) is 18.5. The van der Waals surface area contributed by atoms with Crippen LogP contribution in [0.25, 0.3) is 11.1 Å². The second-order valence-corrected chi connectivity index (χ2v) is 5.96. The summed E-state index contributed by atoms with van der Waals surface area (Å²) in [6.45, 7) is 0.786. The first-order valence-electron chi connectivity index (χ1n) is 8.00. The van der Waals surface area contributed by atoms with Gasteiger partial charge in [0.2, 0.25) is 0 Å². The number of fused-ring (bicyclic) bond motifs is 3. The van der Waals surface area contributed by atoms with E-state index in [2.05, 4.69) is 0 Å². The smallest absolute Gasteiger partial charge is 0.412 e. The van der Waals surface area contributed by atoms with Crippen molar-refractivity contribution in [2.75, 3.05) is 13.2 Å². The van der Waals surface area contributed by atoms with Crippen molar-refractivity contribution >= 4 is 12.1 Å². The van der Waals surface area contributed by atoms with Crippen molar-refractivity contribution in [2.45, 2.75) is 19.1 Å². The summed E-state index contributed by atoms with van der Waals surface area (Å²) in [4.78, 5) is 23.8. The van der Waals surface area contributed by atoms with Gasteiger partial charge in [-0.15, -0.1) is 0 Å². The van der Waals surface area contributed by atoms with E-state index < -0.39 is 24.8 Å². The summed E-state index contributed by atoms with van der Waals surface area (Å²) in [7, 11) is 0. The molecule has 1 amide bonds. The number of carbonyl (C=O) groups is 2. The van der Waals surface area contributed by atoms with Crippen molar-refractivity contribution in [2.24, 2.45) is 0 Å². The molecule has 25 heavy (non-hydrogen) atoms. The van der Waals surface area contributed by atoms with Crippen LogP contribution in [0.4, 0.5) is 4.79 Å². The van der Waals surface area contributed by atoms with Crippen LogP contribution < -0.4 is 0 Å². The normalized spacial score (nSPS) is 13.7. The van der Waals surface area contributed by atoms with E-state index in [9.17, 15) is 14.7 Å². The largest absolute Gasteiger partial charge is 0.480 e. The molecule has 0 heterocycles. The Hall–Kier alpha value is -2.86. The molecule has 1 atom stereocenters. The summed E-state index contributed by atoms with van der Waals surface area (Å²) < 4.78 is 5.33. The number of hydrogen-bond acceptors (Lipinski definition) is 4. The lowest BCUT2D eigenvalue weighted by Gasteiger charge is -2.24. The fraction of sp³-hybridized carbons (Fsp3) is 0.263. The Morgan fingerprint density at radius 1 is 1.08 bits per heavy atom. The molecule has 0 aromatic heterocycles. The molecule has 0 spiro atoms. The Morgan fingerprint density at radius 3 is 2.08 bits per heavy atom. The zero-order chi connectivity index (χ0) is 18.0. The summed E-state index contributed by atoms with van der Waals surface area (Å²) in [5.41, 5.74) is 4.35. The third-order valence-electron chi connectivity index (χ3n) is 4.33. The predicted octanol–water partition coefficient (Wildman–Crippen LogP) is 2.66. The van der Waals surface area contributed by atoms with Crippen molar-refractivity contribution in [1.82, 2.24) is 4.90 Å². The number of hydrogen-bond donors (Lipinski definition) is 2. The van der Waals surface area contributed by atoms with Crippen LogP contribution >= 0.6 is 0 Å². The lowest BCUT2D eigenvalue weighted by Crippen LogP contribution is -2.42. The highest BCUT2D eigenvalue weighted by Gasteiger charge is 2.30. The minimum atomic E-state index is -1.24. The van der Waals surface area contributed by atoms with E-state index in [1.807, 2.05) is 48.5 Å². The van der Waals surface area contributed by atoms with Crippen molar-refractivity contribution < 1.29 is 24.5 Å². The number of carboxylic acids is 1. The molecule has 2 N–H and O–H groups in total. The summed E-state index contributed by atoms with van der Waals surface area (Å²) in [6, 6.07) is 15.9. The molecular weight excluding hydrogens is 322 g/mol. The molecule has 6 heteroatoms. The Balaban J connectivity index is 1.79. The highest BCUT2D eigenvalue weighted by molar-refractivity contribution is 5.79. The average molecular weight is 341 g/mol. The number of aliphatic carboxylic acids is 1. The zero-order valence-corrected chi connectivity index (χ0v) is 13.8. The number of amides is 1. The molecule has 0 aliphatic heterocycles. The van der Waals surface area contributed by atoms with Gasteiger partial charge < -0.3 is 14.9 Å². The number of aliphatic hydroxyl groups excluding tert-OH is 1. The van der Waals surface area contributed by atoms with Gasteiger partial charge in [0, 0.05) is 5.92 Å². The summed E-state index contributed by atoms with van der Waals surface area (Å²) >= 11 is 0. The summed E-state index contributed by atoms with van der Waals surface area (Å²) in [5.74, 6) is -1.33. The van der Waals surface area contributed by atoms with Crippen LogP contribution in [0.1, 0.15) is 24.0 Å². The molecule has 0 fully saturated rings. The van der Waals surface area contributed by atoms with E-state index in [0.29, 0.717) is 0 Å². The van der Waals surface area contributed by atoms with Gasteiger partial charge in [0.25, 0.3) is 0 Å². The highest BCUT2D eigenvalue weighted by Crippen LogP contribution is 2.44. The number of rotatable bonds is 5. The van der Waals surface area contributed by atoms with Gasteiger partial charge in [0.1, 0.15) is 19.4 Å². The van der Waals surface area contributed by atoms with Gasteiger partial charge in [0.05, 0.1) is 0 Å². The second kappa shape index (κ2) is 6.94. The van der Waals surface area contributed by atoms with E-state index in [1.165, 1.54) is 6.92 Å². The molecule has 0 saturated carbocycles. The fourth-order valence-electron chi connectivity index (χ4n) is 3.17. The number of aliphatic hydroxyl groups is 1. The first-order valence-corrected chi connectivity index (χ1v) is 8.00. The van der Waals surface area contributed by atoms with Crippen molar-refractivity contribution in [3.63, 3.8) is 0 Å².